The molecule has 0 atom stereocenters. The summed E-state index contributed by atoms with van der Waals surface area (Å²) in [4.78, 5) is 13.9. The van der Waals surface area contributed by atoms with E-state index >= 15 is 0 Å². The third kappa shape index (κ3) is 4.13. The van der Waals surface area contributed by atoms with Gasteiger partial charge in [-0.1, -0.05) is 0 Å². The third-order valence-electron chi connectivity index (χ3n) is 2.58. The van der Waals surface area contributed by atoms with Gasteiger partial charge < -0.3 is 14.6 Å². The molecule has 0 aliphatic rings. The summed E-state index contributed by atoms with van der Waals surface area (Å²) in [6.45, 7) is 4.96. The standard InChI is InChI=1S/C14H18N2O2S/c1-11(2)15-14(17)16(8-12-5-7-19-10-12)9-13-4-3-6-18-13/h3-7,10-11H,8-9H2,1-2H3,(H,15,17). The Morgan fingerprint density at radius 3 is 2.84 bits per heavy atom. The molecule has 2 aromatic heterocycles. The van der Waals surface area contributed by atoms with Crippen LogP contribution >= 0.6 is 11.3 Å². The fourth-order valence-corrected chi connectivity index (χ4v) is 2.39. The summed E-state index contributed by atoms with van der Waals surface area (Å²) in [6.07, 6.45) is 1.62. The molecule has 0 unspecified atom stereocenters. The van der Waals surface area contributed by atoms with Crippen LogP contribution in [-0.4, -0.2) is 17.0 Å². The van der Waals surface area contributed by atoms with Crippen molar-refractivity contribution >= 4 is 17.4 Å². The van der Waals surface area contributed by atoms with Crippen molar-refractivity contribution < 1.29 is 9.21 Å². The minimum Gasteiger partial charge on any atom is -0.467 e. The highest BCUT2D eigenvalue weighted by molar-refractivity contribution is 7.07. The minimum atomic E-state index is -0.0717. The molecular formula is C14H18N2O2S. The molecule has 5 heteroatoms. The van der Waals surface area contributed by atoms with Crippen LogP contribution in [0.2, 0.25) is 0 Å². The molecule has 0 radical (unpaired) electrons. The molecule has 2 amide bonds. The second-order valence-corrected chi connectivity index (χ2v) is 5.45. The maximum Gasteiger partial charge on any atom is 0.318 e. The van der Waals surface area contributed by atoms with Gasteiger partial charge in [0.05, 0.1) is 12.8 Å². The largest absolute Gasteiger partial charge is 0.467 e. The van der Waals surface area contributed by atoms with Gasteiger partial charge in [0, 0.05) is 12.6 Å². The van der Waals surface area contributed by atoms with E-state index < -0.39 is 0 Å². The zero-order valence-corrected chi connectivity index (χ0v) is 11.9. The van der Waals surface area contributed by atoms with Crippen molar-refractivity contribution in [2.75, 3.05) is 0 Å². The lowest BCUT2D eigenvalue weighted by Crippen LogP contribution is -2.42. The van der Waals surface area contributed by atoms with Gasteiger partial charge in [0.1, 0.15) is 5.76 Å². The zero-order chi connectivity index (χ0) is 13.7. The van der Waals surface area contributed by atoms with Gasteiger partial charge in [-0.25, -0.2) is 4.79 Å². The number of furan rings is 1. The molecule has 0 bridgehead atoms. The first-order valence-electron chi connectivity index (χ1n) is 6.24. The van der Waals surface area contributed by atoms with Crippen molar-refractivity contribution in [2.24, 2.45) is 0 Å². The van der Waals surface area contributed by atoms with E-state index in [4.69, 9.17) is 4.42 Å². The van der Waals surface area contributed by atoms with Gasteiger partial charge in [0.25, 0.3) is 0 Å². The average Bonchev–Trinajstić information content (AvgIpc) is 2.99. The molecule has 19 heavy (non-hydrogen) atoms. The summed E-state index contributed by atoms with van der Waals surface area (Å²) in [6, 6.07) is 5.79. The van der Waals surface area contributed by atoms with Crippen LogP contribution in [0.25, 0.3) is 0 Å². The van der Waals surface area contributed by atoms with Gasteiger partial charge in [0.2, 0.25) is 0 Å². The average molecular weight is 278 g/mol. The summed E-state index contributed by atoms with van der Waals surface area (Å²) >= 11 is 1.63. The van der Waals surface area contributed by atoms with Crippen LogP contribution in [0, 0.1) is 0 Å². The van der Waals surface area contributed by atoms with Gasteiger partial charge in [-0.15, -0.1) is 0 Å². The monoisotopic (exact) mass is 278 g/mol. The Bertz CT molecular complexity index is 455. The molecule has 4 nitrogen and oxygen atoms in total. The summed E-state index contributed by atoms with van der Waals surface area (Å²) in [5.74, 6) is 0.786. The number of carbonyl (C=O) groups excluding carboxylic acids is 1. The second-order valence-electron chi connectivity index (χ2n) is 4.67. The molecule has 2 heterocycles. The van der Waals surface area contributed by atoms with Crippen LogP contribution in [0.4, 0.5) is 4.79 Å². The molecule has 0 fully saturated rings. The van der Waals surface area contributed by atoms with Crippen molar-refractivity contribution in [1.82, 2.24) is 10.2 Å². The number of nitrogens with one attached hydrogen (secondary N) is 1. The van der Waals surface area contributed by atoms with E-state index in [2.05, 4.69) is 10.7 Å². The number of thiophene rings is 1. The number of hydrogen-bond acceptors (Lipinski definition) is 3. The Labute approximate surface area is 117 Å². The highest BCUT2D eigenvalue weighted by Gasteiger charge is 2.16. The van der Waals surface area contributed by atoms with Crippen molar-refractivity contribution in [3.63, 3.8) is 0 Å². The van der Waals surface area contributed by atoms with E-state index in [1.807, 2.05) is 37.4 Å². The molecule has 0 aliphatic heterocycles. The maximum absolute atomic E-state index is 12.2. The number of urea groups is 1. The lowest BCUT2D eigenvalue weighted by atomic mass is 10.3. The quantitative estimate of drug-likeness (QED) is 0.910. The van der Waals surface area contributed by atoms with Gasteiger partial charge in [0.15, 0.2) is 0 Å². The first-order valence-corrected chi connectivity index (χ1v) is 7.18. The summed E-state index contributed by atoms with van der Waals surface area (Å²) in [7, 11) is 0. The Morgan fingerprint density at radius 1 is 1.42 bits per heavy atom. The van der Waals surface area contributed by atoms with Gasteiger partial charge in [-0.3, -0.25) is 0 Å². The highest BCUT2D eigenvalue weighted by atomic mass is 32.1. The molecule has 102 valence electrons. The Hall–Kier alpha value is -1.75. The van der Waals surface area contributed by atoms with Crippen LogP contribution in [0.1, 0.15) is 25.2 Å². The second kappa shape index (κ2) is 6.43. The predicted octanol–water partition coefficient (Wildman–Crippen LogP) is 3.46. The SMILES string of the molecule is CC(C)NC(=O)N(Cc1ccsc1)Cc1ccco1. The van der Waals surface area contributed by atoms with E-state index in [0.29, 0.717) is 13.1 Å². The Morgan fingerprint density at radius 2 is 2.26 bits per heavy atom. The van der Waals surface area contributed by atoms with Gasteiger partial charge >= 0.3 is 6.03 Å². The normalized spacial score (nSPS) is 10.7. The van der Waals surface area contributed by atoms with Crippen LogP contribution in [0.5, 0.6) is 0 Å². The minimum absolute atomic E-state index is 0.0717. The zero-order valence-electron chi connectivity index (χ0n) is 11.1. The Balaban J connectivity index is 2.05. The fraction of sp³-hybridized carbons (Fsp3) is 0.357. The van der Waals surface area contributed by atoms with E-state index in [9.17, 15) is 4.79 Å². The lowest BCUT2D eigenvalue weighted by molar-refractivity contribution is 0.185. The first-order chi connectivity index (χ1) is 9.15. The topological polar surface area (TPSA) is 45.5 Å². The van der Waals surface area contributed by atoms with Crippen molar-refractivity contribution in [1.29, 1.82) is 0 Å². The predicted molar refractivity (Wildman–Crippen MR) is 75.9 cm³/mol. The number of rotatable bonds is 5. The maximum atomic E-state index is 12.2. The van der Waals surface area contributed by atoms with E-state index in [-0.39, 0.29) is 12.1 Å². The van der Waals surface area contributed by atoms with Gasteiger partial charge in [-0.2, -0.15) is 11.3 Å². The fourth-order valence-electron chi connectivity index (χ4n) is 1.73. The number of carbonyl (C=O) groups is 1. The van der Waals surface area contributed by atoms with Crippen LogP contribution in [0.3, 0.4) is 0 Å². The number of hydrogen-bond donors (Lipinski definition) is 1. The van der Waals surface area contributed by atoms with Crippen molar-refractivity contribution in [3.8, 4) is 0 Å². The highest BCUT2D eigenvalue weighted by Crippen LogP contribution is 2.13. The molecule has 0 aliphatic carbocycles. The number of amides is 2. The number of nitrogens with zero attached hydrogens (tertiary/aromatic N) is 1. The van der Waals surface area contributed by atoms with E-state index in [0.717, 1.165) is 11.3 Å². The molecule has 1 N–H and O–H groups in total. The van der Waals surface area contributed by atoms with Crippen molar-refractivity contribution in [2.45, 2.75) is 33.0 Å². The van der Waals surface area contributed by atoms with Crippen LogP contribution < -0.4 is 5.32 Å². The first kappa shape index (κ1) is 13.7. The van der Waals surface area contributed by atoms with Gasteiger partial charge in [-0.05, 0) is 48.4 Å². The van der Waals surface area contributed by atoms with E-state index in [1.54, 1.807) is 22.5 Å². The molecule has 0 aromatic carbocycles. The molecular weight excluding hydrogens is 260 g/mol. The molecule has 0 spiro atoms. The lowest BCUT2D eigenvalue weighted by Gasteiger charge is -2.23. The van der Waals surface area contributed by atoms with E-state index in [1.165, 1.54) is 0 Å². The Kier molecular flexibility index (Phi) is 4.63. The summed E-state index contributed by atoms with van der Waals surface area (Å²) in [5.41, 5.74) is 1.13. The van der Waals surface area contributed by atoms with Crippen LogP contribution in [0.15, 0.2) is 39.6 Å². The molecule has 2 aromatic rings. The van der Waals surface area contributed by atoms with Crippen molar-refractivity contribution in [3.05, 3.63) is 46.5 Å². The summed E-state index contributed by atoms with van der Waals surface area (Å²) in [5, 5.41) is 6.98. The molecule has 0 saturated carbocycles. The molecule has 0 saturated heterocycles. The third-order valence-corrected chi connectivity index (χ3v) is 3.31. The molecule has 2 rings (SSSR count). The van der Waals surface area contributed by atoms with Crippen LogP contribution in [-0.2, 0) is 13.1 Å². The summed E-state index contributed by atoms with van der Waals surface area (Å²) < 4.78 is 5.32. The smallest absolute Gasteiger partial charge is 0.318 e.